The van der Waals surface area contributed by atoms with Crippen molar-refractivity contribution in [2.24, 2.45) is 0 Å². The van der Waals surface area contributed by atoms with Gasteiger partial charge in [-0.3, -0.25) is 4.79 Å². The summed E-state index contributed by atoms with van der Waals surface area (Å²) in [6, 6.07) is 4.35. The van der Waals surface area contributed by atoms with E-state index in [0.717, 1.165) is 18.5 Å². The lowest BCUT2D eigenvalue weighted by atomic mass is 10.0. The van der Waals surface area contributed by atoms with E-state index < -0.39 is 7.26 Å². The lowest BCUT2D eigenvalue weighted by Crippen LogP contribution is -2.34. The quantitative estimate of drug-likeness (QED) is 0.589. The van der Waals surface area contributed by atoms with Crippen molar-refractivity contribution in [1.82, 2.24) is 0 Å². The van der Waals surface area contributed by atoms with Gasteiger partial charge in [-0.05, 0) is 70.9 Å². The Balaban J connectivity index is 2.28. The van der Waals surface area contributed by atoms with Crippen molar-refractivity contribution in [3.8, 4) is 0 Å². The van der Waals surface area contributed by atoms with Crippen LogP contribution >= 0.6 is 7.26 Å². The second kappa shape index (κ2) is 9.17. The molecule has 1 unspecified atom stereocenters. The Labute approximate surface area is 155 Å². The van der Waals surface area contributed by atoms with Crippen molar-refractivity contribution in [2.75, 3.05) is 23.8 Å². The summed E-state index contributed by atoms with van der Waals surface area (Å²) in [6.45, 7) is 10.9. The average molecular weight is 363 g/mol. The van der Waals surface area contributed by atoms with Gasteiger partial charge in [0.2, 0.25) is 0 Å². The molecule has 1 heterocycles. The van der Waals surface area contributed by atoms with E-state index in [2.05, 4.69) is 52.1 Å². The van der Waals surface area contributed by atoms with E-state index in [4.69, 9.17) is 0 Å². The molecule has 1 atom stereocenters. The van der Waals surface area contributed by atoms with Crippen molar-refractivity contribution in [1.29, 1.82) is 0 Å². The molecule has 3 heteroatoms. The molecule has 1 aliphatic heterocycles. The molecule has 1 amide bonds. The molecule has 2 nitrogen and oxygen atoms in total. The topological polar surface area (TPSA) is 29.1 Å². The van der Waals surface area contributed by atoms with Crippen molar-refractivity contribution in [3.63, 3.8) is 0 Å². The molecule has 1 aliphatic rings. The number of benzene rings is 1. The number of amides is 1. The van der Waals surface area contributed by atoms with Gasteiger partial charge in [0.15, 0.2) is 0 Å². The standard InChI is InChI=1S/C22H36NOP/c1-6-12-20(25(7-2)13-10-8-9-11-14-25)22(24)23-21-18(4)15-17(3)16-19(21)5/h15-16,20H,6-14H2,1-5H3/p+1. The predicted octanol–water partition coefficient (Wildman–Crippen LogP) is 6.33. The van der Waals surface area contributed by atoms with Crippen molar-refractivity contribution < 1.29 is 4.79 Å². The lowest BCUT2D eigenvalue weighted by molar-refractivity contribution is -0.116. The van der Waals surface area contributed by atoms with Gasteiger partial charge in [0.05, 0.1) is 18.5 Å². The van der Waals surface area contributed by atoms with Crippen LogP contribution in [0.5, 0.6) is 0 Å². The molecule has 140 valence electrons. The van der Waals surface area contributed by atoms with Gasteiger partial charge in [-0.1, -0.05) is 31.0 Å². The molecule has 1 aromatic carbocycles. The summed E-state index contributed by atoms with van der Waals surface area (Å²) in [6.07, 6.45) is 11.4. The number of anilines is 1. The molecule has 0 bridgehead atoms. The molecule has 25 heavy (non-hydrogen) atoms. The van der Waals surface area contributed by atoms with E-state index in [0.29, 0.717) is 5.91 Å². The summed E-state index contributed by atoms with van der Waals surface area (Å²) >= 11 is 0. The molecule has 1 fully saturated rings. The molecule has 0 radical (unpaired) electrons. The number of carbonyl (C=O) groups is 1. The second-order valence-corrected chi connectivity index (χ2v) is 12.6. The Morgan fingerprint density at radius 3 is 2.08 bits per heavy atom. The van der Waals surface area contributed by atoms with Gasteiger partial charge < -0.3 is 5.32 Å². The minimum atomic E-state index is -1.19. The zero-order valence-electron chi connectivity index (χ0n) is 17.0. The fourth-order valence-corrected chi connectivity index (χ4v) is 9.67. The van der Waals surface area contributed by atoms with E-state index in [1.54, 1.807) is 0 Å². The molecule has 0 aromatic heterocycles. The normalized spacial score (nSPS) is 18.4. The first-order valence-electron chi connectivity index (χ1n) is 10.2. The zero-order valence-corrected chi connectivity index (χ0v) is 17.8. The number of hydrogen-bond donors (Lipinski definition) is 1. The smallest absolute Gasteiger partial charge is 0.265 e. The lowest BCUT2D eigenvalue weighted by Gasteiger charge is -2.33. The van der Waals surface area contributed by atoms with Crippen LogP contribution in [0.1, 0.15) is 69.1 Å². The van der Waals surface area contributed by atoms with Gasteiger partial charge in [-0.25, -0.2) is 0 Å². The van der Waals surface area contributed by atoms with Crippen LogP contribution in [-0.2, 0) is 4.79 Å². The summed E-state index contributed by atoms with van der Waals surface area (Å²) in [5.41, 5.74) is 4.93. The van der Waals surface area contributed by atoms with E-state index in [1.807, 2.05) is 0 Å². The van der Waals surface area contributed by atoms with E-state index >= 15 is 0 Å². The van der Waals surface area contributed by atoms with Crippen LogP contribution in [0.15, 0.2) is 12.1 Å². The van der Waals surface area contributed by atoms with Crippen LogP contribution < -0.4 is 5.32 Å². The minimum absolute atomic E-state index is 0.251. The maximum absolute atomic E-state index is 13.4. The summed E-state index contributed by atoms with van der Waals surface area (Å²) in [5.74, 6) is 0.300. The highest BCUT2D eigenvalue weighted by molar-refractivity contribution is 7.77. The number of rotatable bonds is 6. The van der Waals surface area contributed by atoms with Crippen LogP contribution in [0, 0.1) is 20.8 Å². The van der Waals surface area contributed by atoms with Gasteiger partial charge in [-0.2, -0.15) is 0 Å². The van der Waals surface area contributed by atoms with Gasteiger partial charge in [0.1, 0.15) is 5.66 Å². The molecule has 1 saturated heterocycles. The molecule has 2 rings (SSSR count). The van der Waals surface area contributed by atoms with E-state index in [1.165, 1.54) is 60.9 Å². The number of nitrogens with one attached hydrogen (secondary N) is 1. The first kappa shape index (κ1) is 20.4. The fourth-order valence-electron chi connectivity index (χ4n) is 4.68. The summed E-state index contributed by atoms with van der Waals surface area (Å²) in [5, 5.41) is 3.36. The third-order valence-corrected chi connectivity index (χ3v) is 11.5. The SMILES string of the molecule is CCCC(C(=O)Nc1c(C)cc(C)cc1C)[P+]1(CC)CCCCCC1. The predicted molar refractivity (Wildman–Crippen MR) is 114 cm³/mol. The summed E-state index contributed by atoms with van der Waals surface area (Å²) in [7, 11) is -1.19. The van der Waals surface area contributed by atoms with Crippen molar-refractivity contribution >= 4 is 18.9 Å². The second-order valence-electron chi connectivity index (χ2n) is 7.96. The maximum atomic E-state index is 13.4. The fraction of sp³-hybridized carbons (Fsp3) is 0.682. The zero-order chi connectivity index (χ0) is 18.4. The highest BCUT2D eigenvalue weighted by Gasteiger charge is 2.47. The minimum Gasteiger partial charge on any atom is -0.322 e. The molecular formula is C22H37NOP+. The number of aryl methyl sites for hydroxylation is 3. The third kappa shape index (κ3) is 4.85. The average Bonchev–Trinajstić information content (AvgIpc) is 2.82. The first-order chi connectivity index (χ1) is 11.9. The Kier molecular flexibility index (Phi) is 7.50. The third-order valence-electron chi connectivity index (χ3n) is 6.04. The first-order valence-corrected chi connectivity index (χ1v) is 12.6. The number of hydrogen-bond acceptors (Lipinski definition) is 1. The Morgan fingerprint density at radius 1 is 1.04 bits per heavy atom. The maximum Gasteiger partial charge on any atom is 0.265 e. The van der Waals surface area contributed by atoms with Crippen LogP contribution in [0.2, 0.25) is 0 Å². The Morgan fingerprint density at radius 2 is 1.60 bits per heavy atom. The molecule has 0 spiro atoms. The van der Waals surface area contributed by atoms with Crippen LogP contribution in [0.25, 0.3) is 0 Å². The summed E-state index contributed by atoms with van der Waals surface area (Å²) < 4.78 is 0. The highest BCUT2D eigenvalue weighted by atomic mass is 31.2. The van der Waals surface area contributed by atoms with Crippen LogP contribution in [0.4, 0.5) is 5.69 Å². The summed E-state index contributed by atoms with van der Waals surface area (Å²) in [4.78, 5) is 13.4. The molecule has 1 N–H and O–H groups in total. The molecule has 0 saturated carbocycles. The number of carbonyl (C=O) groups excluding carboxylic acids is 1. The van der Waals surface area contributed by atoms with E-state index in [-0.39, 0.29) is 5.66 Å². The largest absolute Gasteiger partial charge is 0.322 e. The highest BCUT2D eigenvalue weighted by Crippen LogP contribution is 2.66. The van der Waals surface area contributed by atoms with Gasteiger partial charge in [0, 0.05) is 12.9 Å². The van der Waals surface area contributed by atoms with Crippen molar-refractivity contribution in [3.05, 3.63) is 28.8 Å². The van der Waals surface area contributed by atoms with Crippen LogP contribution in [0.3, 0.4) is 0 Å². The van der Waals surface area contributed by atoms with Gasteiger partial charge in [-0.15, -0.1) is 0 Å². The Bertz CT molecular complexity index is 565. The molecule has 0 aliphatic carbocycles. The Hall–Kier alpha value is -0.880. The van der Waals surface area contributed by atoms with E-state index in [9.17, 15) is 4.79 Å². The van der Waals surface area contributed by atoms with Crippen molar-refractivity contribution in [2.45, 2.75) is 78.8 Å². The van der Waals surface area contributed by atoms with Gasteiger partial charge in [0.25, 0.3) is 5.91 Å². The monoisotopic (exact) mass is 362 g/mol. The molecular weight excluding hydrogens is 325 g/mol. The van der Waals surface area contributed by atoms with Crippen LogP contribution in [-0.4, -0.2) is 30.1 Å². The molecule has 1 aromatic rings. The van der Waals surface area contributed by atoms with Gasteiger partial charge >= 0.3 is 0 Å².